The molecular weight excluding hydrogens is 263 g/mol. The number of nitrogens with zero attached hydrogens (tertiary/aromatic N) is 2. The van der Waals surface area contributed by atoms with Crippen molar-refractivity contribution in [3.63, 3.8) is 0 Å². The van der Waals surface area contributed by atoms with Gasteiger partial charge in [-0.15, -0.1) is 0 Å². The molecule has 0 saturated heterocycles. The summed E-state index contributed by atoms with van der Waals surface area (Å²) >= 11 is 1.27. The van der Waals surface area contributed by atoms with Gasteiger partial charge in [-0.1, -0.05) is 0 Å². The molecule has 1 aromatic carbocycles. The van der Waals surface area contributed by atoms with Gasteiger partial charge in [-0.25, -0.2) is 14.4 Å². The summed E-state index contributed by atoms with van der Waals surface area (Å²) in [5.74, 6) is -0.595. The van der Waals surface area contributed by atoms with Crippen LogP contribution < -0.4 is 5.73 Å². The lowest BCUT2D eigenvalue weighted by Crippen LogP contribution is -2.12. The molecular formula is C13H13FN4S. The molecule has 0 saturated carbocycles. The normalized spacial score (nSPS) is 10.5. The summed E-state index contributed by atoms with van der Waals surface area (Å²) in [5, 5.41) is 8.04. The molecule has 0 atom stereocenters. The summed E-state index contributed by atoms with van der Waals surface area (Å²) in [5.41, 5.74) is 7.54. The van der Waals surface area contributed by atoms with E-state index in [2.05, 4.69) is 9.97 Å². The Balaban J connectivity index is 2.40. The molecule has 98 valence electrons. The minimum absolute atomic E-state index is 0.175. The van der Waals surface area contributed by atoms with E-state index in [1.54, 1.807) is 6.07 Å². The highest BCUT2D eigenvalue weighted by Crippen LogP contribution is 2.28. The molecule has 6 heteroatoms. The molecule has 0 unspecified atom stereocenters. The maximum atomic E-state index is 13.2. The molecule has 0 fully saturated rings. The van der Waals surface area contributed by atoms with Crippen molar-refractivity contribution < 1.29 is 4.39 Å². The zero-order chi connectivity index (χ0) is 14.0. The second-order valence-electron chi connectivity index (χ2n) is 4.09. The first kappa shape index (κ1) is 13.5. The van der Waals surface area contributed by atoms with Crippen molar-refractivity contribution in [2.24, 2.45) is 5.73 Å². The first-order valence-corrected chi connectivity index (χ1v) is 6.41. The van der Waals surface area contributed by atoms with Crippen molar-refractivity contribution in [1.82, 2.24) is 9.97 Å². The van der Waals surface area contributed by atoms with Crippen LogP contribution in [0.25, 0.3) is 0 Å². The van der Waals surface area contributed by atoms with E-state index in [4.69, 9.17) is 11.1 Å². The zero-order valence-electron chi connectivity index (χ0n) is 10.6. The van der Waals surface area contributed by atoms with Crippen LogP contribution in [0, 0.1) is 25.1 Å². The number of nitrogen functional groups attached to an aromatic ring is 1. The standard InChI is InChI=1S/C13H13FN4S/c1-7-5-8(2)18-13(17-7)19-11-4-3-9(14)6-10(11)12(15)16/h3-6H,1-2H3,(H3,15,16). The lowest BCUT2D eigenvalue weighted by molar-refractivity contribution is 0.626. The summed E-state index contributed by atoms with van der Waals surface area (Å²) in [6.45, 7) is 3.77. The molecule has 2 aromatic rings. The van der Waals surface area contributed by atoms with Crippen molar-refractivity contribution >= 4 is 17.6 Å². The fourth-order valence-corrected chi connectivity index (χ4v) is 2.63. The Bertz CT molecular complexity index is 622. The molecule has 0 aliphatic heterocycles. The van der Waals surface area contributed by atoms with Gasteiger partial charge < -0.3 is 5.73 Å². The van der Waals surface area contributed by atoms with Gasteiger partial charge in [0.2, 0.25) is 0 Å². The number of halogens is 1. The first-order valence-electron chi connectivity index (χ1n) is 5.60. The smallest absolute Gasteiger partial charge is 0.192 e. The van der Waals surface area contributed by atoms with Gasteiger partial charge >= 0.3 is 0 Å². The summed E-state index contributed by atoms with van der Waals surface area (Å²) in [4.78, 5) is 9.26. The Kier molecular flexibility index (Phi) is 3.80. The number of hydrogen-bond acceptors (Lipinski definition) is 4. The van der Waals surface area contributed by atoms with E-state index in [9.17, 15) is 4.39 Å². The van der Waals surface area contributed by atoms with Gasteiger partial charge in [-0.2, -0.15) is 0 Å². The topological polar surface area (TPSA) is 75.7 Å². The highest BCUT2D eigenvalue weighted by Gasteiger charge is 2.10. The maximum Gasteiger partial charge on any atom is 0.192 e. The zero-order valence-corrected chi connectivity index (χ0v) is 11.4. The van der Waals surface area contributed by atoms with E-state index in [-0.39, 0.29) is 5.84 Å². The fraction of sp³-hybridized carbons (Fsp3) is 0.154. The predicted molar refractivity (Wildman–Crippen MR) is 73.0 cm³/mol. The van der Waals surface area contributed by atoms with Crippen molar-refractivity contribution in [2.45, 2.75) is 23.9 Å². The Morgan fingerprint density at radius 3 is 2.42 bits per heavy atom. The van der Waals surface area contributed by atoms with Crippen LogP contribution in [0.4, 0.5) is 4.39 Å². The Morgan fingerprint density at radius 1 is 1.21 bits per heavy atom. The molecule has 3 N–H and O–H groups in total. The van der Waals surface area contributed by atoms with E-state index < -0.39 is 5.82 Å². The quantitative estimate of drug-likeness (QED) is 0.513. The molecule has 0 amide bonds. The predicted octanol–water partition coefficient (Wildman–Crippen LogP) is 2.67. The number of hydrogen-bond donors (Lipinski definition) is 2. The second kappa shape index (κ2) is 5.36. The lowest BCUT2D eigenvalue weighted by atomic mass is 10.2. The average Bonchev–Trinajstić information content (AvgIpc) is 2.30. The third kappa shape index (κ3) is 3.29. The van der Waals surface area contributed by atoms with Crippen molar-refractivity contribution in [3.8, 4) is 0 Å². The van der Waals surface area contributed by atoms with E-state index in [1.165, 1.54) is 23.9 Å². The Hall–Kier alpha value is -1.95. The van der Waals surface area contributed by atoms with E-state index >= 15 is 0 Å². The maximum absolute atomic E-state index is 13.2. The fourth-order valence-electron chi connectivity index (χ4n) is 1.64. The molecule has 19 heavy (non-hydrogen) atoms. The van der Waals surface area contributed by atoms with Crippen molar-refractivity contribution in [1.29, 1.82) is 5.41 Å². The number of nitrogens with two attached hydrogens (primary N) is 1. The summed E-state index contributed by atoms with van der Waals surface area (Å²) in [6.07, 6.45) is 0. The van der Waals surface area contributed by atoms with Crippen LogP contribution in [0.2, 0.25) is 0 Å². The Labute approximate surface area is 114 Å². The number of amidine groups is 1. The number of aryl methyl sites for hydroxylation is 2. The molecule has 2 rings (SSSR count). The summed E-state index contributed by atoms with van der Waals surface area (Å²) in [7, 11) is 0. The van der Waals surface area contributed by atoms with Crippen LogP contribution in [-0.2, 0) is 0 Å². The van der Waals surface area contributed by atoms with E-state index in [0.29, 0.717) is 15.6 Å². The largest absolute Gasteiger partial charge is 0.384 e. The molecule has 4 nitrogen and oxygen atoms in total. The average molecular weight is 276 g/mol. The lowest BCUT2D eigenvalue weighted by Gasteiger charge is -2.08. The first-order chi connectivity index (χ1) is 8.95. The second-order valence-corrected chi connectivity index (χ2v) is 5.10. The molecule has 1 heterocycles. The van der Waals surface area contributed by atoms with Gasteiger partial charge in [-0.3, -0.25) is 5.41 Å². The number of nitrogens with one attached hydrogen (secondary N) is 1. The summed E-state index contributed by atoms with van der Waals surface area (Å²) < 4.78 is 13.2. The van der Waals surface area contributed by atoms with Crippen molar-refractivity contribution in [2.75, 3.05) is 0 Å². The minimum atomic E-state index is -0.420. The van der Waals surface area contributed by atoms with Crippen LogP contribution >= 0.6 is 11.8 Å². The van der Waals surface area contributed by atoms with Crippen LogP contribution in [0.1, 0.15) is 17.0 Å². The van der Waals surface area contributed by atoms with E-state index in [1.807, 2.05) is 19.9 Å². The number of aromatic nitrogens is 2. The number of rotatable bonds is 3. The third-order valence-electron chi connectivity index (χ3n) is 2.39. The molecule has 0 bridgehead atoms. The van der Waals surface area contributed by atoms with Gasteiger partial charge in [0.05, 0.1) is 0 Å². The van der Waals surface area contributed by atoms with Crippen LogP contribution in [-0.4, -0.2) is 15.8 Å². The van der Waals surface area contributed by atoms with Gasteiger partial charge in [0.25, 0.3) is 0 Å². The molecule has 0 spiro atoms. The molecule has 1 aromatic heterocycles. The van der Waals surface area contributed by atoms with Crippen LogP contribution in [0.3, 0.4) is 0 Å². The highest BCUT2D eigenvalue weighted by atomic mass is 32.2. The highest BCUT2D eigenvalue weighted by molar-refractivity contribution is 7.99. The molecule has 0 aliphatic rings. The van der Waals surface area contributed by atoms with Crippen LogP contribution in [0.5, 0.6) is 0 Å². The van der Waals surface area contributed by atoms with Gasteiger partial charge in [0, 0.05) is 21.8 Å². The Morgan fingerprint density at radius 2 is 1.84 bits per heavy atom. The van der Waals surface area contributed by atoms with E-state index in [0.717, 1.165) is 11.4 Å². The third-order valence-corrected chi connectivity index (χ3v) is 3.34. The van der Waals surface area contributed by atoms with Gasteiger partial charge in [-0.05, 0) is 49.9 Å². The van der Waals surface area contributed by atoms with Gasteiger partial charge in [0.15, 0.2) is 5.16 Å². The molecule has 0 radical (unpaired) electrons. The van der Waals surface area contributed by atoms with Crippen molar-refractivity contribution in [3.05, 3.63) is 47.0 Å². The minimum Gasteiger partial charge on any atom is -0.384 e. The summed E-state index contributed by atoms with van der Waals surface area (Å²) in [6, 6.07) is 6.03. The number of benzene rings is 1. The van der Waals surface area contributed by atoms with Crippen LogP contribution in [0.15, 0.2) is 34.3 Å². The monoisotopic (exact) mass is 276 g/mol. The SMILES string of the molecule is Cc1cc(C)nc(Sc2ccc(F)cc2C(=N)N)n1. The molecule has 0 aliphatic carbocycles. The van der Waals surface area contributed by atoms with Gasteiger partial charge in [0.1, 0.15) is 11.7 Å².